The lowest BCUT2D eigenvalue weighted by Crippen LogP contribution is -1.83. The van der Waals surface area contributed by atoms with Crippen LogP contribution in [0.2, 0.25) is 0 Å². The molecule has 0 unspecified atom stereocenters. The van der Waals surface area contributed by atoms with E-state index in [0.717, 1.165) is 0 Å². The largest absolute Gasteiger partial charge is 0.0587 e. The van der Waals surface area contributed by atoms with Gasteiger partial charge in [0, 0.05) is 0 Å². The van der Waals surface area contributed by atoms with E-state index in [1.165, 1.54) is 54.9 Å². The molecule has 0 N–H and O–H groups in total. The van der Waals surface area contributed by atoms with Crippen LogP contribution < -0.4 is 0 Å². The molecule has 0 fully saturated rings. The number of fused-ring (bicyclic) bond motifs is 2. The zero-order valence-corrected chi connectivity index (χ0v) is 16.2. The Labute approximate surface area is 166 Å². The van der Waals surface area contributed by atoms with Crippen LogP contribution in [0.1, 0.15) is 11.1 Å². The van der Waals surface area contributed by atoms with E-state index in [1.54, 1.807) is 0 Å². The van der Waals surface area contributed by atoms with E-state index < -0.39 is 0 Å². The highest BCUT2D eigenvalue weighted by Gasteiger charge is 2.04. The standard InChI is InChI=1S/C28H22/c1-19-3-6-21(7-4-19)22-9-11-23(12-10-22)24-13-14-26-17-27-15-20(2)5-8-25(27)18-28(26)16-24/h3-18H,1-2H3. The second-order valence-corrected chi connectivity index (χ2v) is 7.71. The van der Waals surface area contributed by atoms with E-state index >= 15 is 0 Å². The fourth-order valence-electron chi connectivity index (χ4n) is 3.90. The molecular weight excluding hydrogens is 336 g/mol. The van der Waals surface area contributed by atoms with Gasteiger partial charge in [0.2, 0.25) is 0 Å². The molecule has 134 valence electrons. The zero-order valence-electron chi connectivity index (χ0n) is 16.2. The average Bonchev–Trinajstić information content (AvgIpc) is 2.72. The van der Waals surface area contributed by atoms with E-state index in [4.69, 9.17) is 0 Å². The third-order valence-corrected chi connectivity index (χ3v) is 5.55. The second kappa shape index (κ2) is 6.65. The van der Waals surface area contributed by atoms with Crippen LogP contribution in [0.3, 0.4) is 0 Å². The molecule has 0 amide bonds. The Hall–Kier alpha value is -3.38. The molecule has 0 heterocycles. The number of hydrogen-bond donors (Lipinski definition) is 0. The summed E-state index contributed by atoms with van der Waals surface area (Å²) in [7, 11) is 0. The molecule has 0 atom stereocenters. The molecule has 0 aliphatic carbocycles. The van der Waals surface area contributed by atoms with Crippen LogP contribution >= 0.6 is 0 Å². The van der Waals surface area contributed by atoms with Crippen molar-refractivity contribution in [2.75, 3.05) is 0 Å². The van der Waals surface area contributed by atoms with Gasteiger partial charge in [0.05, 0.1) is 0 Å². The van der Waals surface area contributed by atoms with Crippen LogP contribution in [0.15, 0.2) is 97.1 Å². The van der Waals surface area contributed by atoms with Crippen LogP contribution in [-0.4, -0.2) is 0 Å². The Morgan fingerprint density at radius 3 is 1.39 bits per heavy atom. The quantitative estimate of drug-likeness (QED) is 0.281. The zero-order chi connectivity index (χ0) is 19.1. The van der Waals surface area contributed by atoms with Crippen molar-refractivity contribution in [3.63, 3.8) is 0 Å². The first-order valence-corrected chi connectivity index (χ1v) is 9.77. The third kappa shape index (κ3) is 3.08. The molecule has 28 heavy (non-hydrogen) atoms. The summed E-state index contributed by atoms with van der Waals surface area (Å²) in [5.74, 6) is 0. The minimum Gasteiger partial charge on any atom is -0.0587 e. The molecule has 5 aromatic carbocycles. The Bertz CT molecular complexity index is 1290. The first-order chi connectivity index (χ1) is 13.7. The fourth-order valence-corrected chi connectivity index (χ4v) is 3.90. The summed E-state index contributed by atoms with van der Waals surface area (Å²) in [4.78, 5) is 0. The van der Waals surface area contributed by atoms with Gasteiger partial charge in [-0.15, -0.1) is 0 Å². The van der Waals surface area contributed by atoms with Gasteiger partial charge < -0.3 is 0 Å². The molecule has 0 saturated heterocycles. The SMILES string of the molecule is Cc1ccc(-c2ccc(-c3ccc4cc5cc(C)ccc5cc4c3)cc2)cc1. The molecule has 0 aromatic heterocycles. The summed E-state index contributed by atoms with van der Waals surface area (Å²) in [5, 5.41) is 5.18. The second-order valence-electron chi connectivity index (χ2n) is 7.71. The van der Waals surface area contributed by atoms with Gasteiger partial charge in [-0.1, -0.05) is 90.0 Å². The number of benzene rings is 5. The van der Waals surface area contributed by atoms with Crippen LogP contribution in [0.5, 0.6) is 0 Å². The number of rotatable bonds is 2. The van der Waals surface area contributed by atoms with E-state index in [2.05, 4.69) is 111 Å². The van der Waals surface area contributed by atoms with Gasteiger partial charge >= 0.3 is 0 Å². The van der Waals surface area contributed by atoms with Crippen molar-refractivity contribution in [1.82, 2.24) is 0 Å². The first kappa shape index (κ1) is 16.8. The summed E-state index contributed by atoms with van der Waals surface area (Å²) in [6.07, 6.45) is 0. The summed E-state index contributed by atoms with van der Waals surface area (Å²) in [6, 6.07) is 35.6. The molecule has 5 aromatic rings. The Morgan fingerprint density at radius 2 is 0.750 bits per heavy atom. The summed E-state index contributed by atoms with van der Waals surface area (Å²) < 4.78 is 0. The number of hydrogen-bond acceptors (Lipinski definition) is 0. The Kier molecular flexibility index (Phi) is 3.98. The first-order valence-electron chi connectivity index (χ1n) is 9.77. The van der Waals surface area contributed by atoms with Crippen LogP contribution in [0.25, 0.3) is 43.8 Å². The minimum atomic E-state index is 1.25. The molecule has 5 rings (SSSR count). The van der Waals surface area contributed by atoms with Crippen molar-refractivity contribution < 1.29 is 0 Å². The van der Waals surface area contributed by atoms with Gasteiger partial charge in [-0.3, -0.25) is 0 Å². The minimum absolute atomic E-state index is 1.25. The van der Waals surface area contributed by atoms with Crippen molar-refractivity contribution >= 4 is 21.5 Å². The summed E-state index contributed by atoms with van der Waals surface area (Å²) >= 11 is 0. The predicted molar refractivity (Wildman–Crippen MR) is 122 cm³/mol. The van der Waals surface area contributed by atoms with Gasteiger partial charge in [-0.25, -0.2) is 0 Å². The Morgan fingerprint density at radius 1 is 0.321 bits per heavy atom. The maximum atomic E-state index is 2.30. The molecule has 0 saturated carbocycles. The van der Waals surface area contributed by atoms with Gasteiger partial charge in [0.25, 0.3) is 0 Å². The van der Waals surface area contributed by atoms with Crippen molar-refractivity contribution in [2.24, 2.45) is 0 Å². The lowest BCUT2D eigenvalue weighted by Gasteiger charge is -2.08. The normalized spacial score (nSPS) is 11.2. The molecule has 0 nitrogen and oxygen atoms in total. The van der Waals surface area contributed by atoms with Crippen molar-refractivity contribution in [3.05, 3.63) is 108 Å². The molecule has 0 aliphatic rings. The topological polar surface area (TPSA) is 0 Å². The van der Waals surface area contributed by atoms with E-state index in [9.17, 15) is 0 Å². The van der Waals surface area contributed by atoms with E-state index in [-0.39, 0.29) is 0 Å². The summed E-state index contributed by atoms with van der Waals surface area (Å²) in [5.41, 5.74) is 7.62. The molecule has 0 spiro atoms. The lowest BCUT2D eigenvalue weighted by atomic mass is 9.96. The number of aryl methyl sites for hydroxylation is 2. The maximum absolute atomic E-state index is 2.30. The van der Waals surface area contributed by atoms with Gasteiger partial charge in [0.1, 0.15) is 0 Å². The van der Waals surface area contributed by atoms with Crippen LogP contribution in [0.4, 0.5) is 0 Å². The average molecular weight is 358 g/mol. The molecular formula is C28H22. The smallest absolute Gasteiger partial charge is 0.0171 e. The summed E-state index contributed by atoms with van der Waals surface area (Å²) in [6.45, 7) is 4.27. The molecule has 0 bridgehead atoms. The van der Waals surface area contributed by atoms with Crippen molar-refractivity contribution in [3.8, 4) is 22.3 Å². The van der Waals surface area contributed by atoms with Crippen molar-refractivity contribution in [2.45, 2.75) is 13.8 Å². The van der Waals surface area contributed by atoms with Gasteiger partial charge in [-0.2, -0.15) is 0 Å². The molecule has 0 aliphatic heterocycles. The lowest BCUT2D eigenvalue weighted by molar-refractivity contribution is 1.47. The Balaban J connectivity index is 1.54. The predicted octanol–water partition coefficient (Wildman–Crippen LogP) is 7.94. The molecule has 0 heteroatoms. The fraction of sp³-hybridized carbons (Fsp3) is 0.0714. The van der Waals surface area contributed by atoms with Crippen molar-refractivity contribution in [1.29, 1.82) is 0 Å². The molecule has 0 radical (unpaired) electrons. The van der Waals surface area contributed by atoms with Gasteiger partial charge in [-0.05, 0) is 75.8 Å². The van der Waals surface area contributed by atoms with Crippen LogP contribution in [0, 0.1) is 13.8 Å². The van der Waals surface area contributed by atoms with Gasteiger partial charge in [0.15, 0.2) is 0 Å². The highest BCUT2D eigenvalue weighted by atomic mass is 14.1. The van der Waals surface area contributed by atoms with Crippen LogP contribution in [-0.2, 0) is 0 Å². The van der Waals surface area contributed by atoms with E-state index in [0.29, 0.717) is 0 Å². The third-order valence-electron chi connectivity index (χ3n) is 5.55. The maximum Gasteiger partial charge on any atom is -0.0171 e. The highest BCUT2D eigenvalue weighted by molar-refractivity contribution is 6.00. The monoisotopic (exact) mass is 358 g/mol. The highest BCUT2D eigenvalue weighted by Crippen LogP contribution is 2.30. The van der Waals surface area contributed by atoms with E-state index in [1.807, 2.05) is 0 Å².